The highest BCUT2D eigenvalue weighted by Gasteiger charge is 2.16. The number of rotatable bonds is 3. The van der Waals surface area contributed by atoms with Crippen molar-refractivity contribution < 1.29 is 9.84 Å². The minimum Gasteiger partial charge on any atom is -0.504 e. The second kappa shape index (κ2) is 5.38. The summed E-state index contributed by atoms with van der Waals surface area (Å²) in [5.41, 5.74) is 0.775. The van der Waals surface area contributed by atoms with E-state index in [9.17, 15) is 5.11 Å². The molecule has 0 amide bonds. The second-order valence-corrected chi connectivity index (χ2v) is 4.61. The summed E-state index contributed by atoms with van der Waals surface area (Å²) in [6.45, 7) is 3.66. The van der Waals surface area contributed by atoms with E-state index in [1.807, 2.05) is 6.07 Å². The van der Waals surface area contributed by atoms with E-state index in [0.717, 1.165) is 31.7 Å². The lowest BCUT2D eigenvalue weighted by Gasteiger charge is -2.25. The number of aromatic hydroxyl groups is 1. The van der Waals surface area contributed by atoms with Gasteiger partial charge in [0.15, 0.2) is 17.3 Å². The van der Waals surface area contributed by atoms with E-state index in [2.05, 4.69) is 25.4 Å². The smallest absolute Gasteiger partial charge is 0.245 e. The Hall–Kier alpha value is -2.28. The maximum Gasteiger partial charge on any atom is 0.245 e. The van der Waals surface area contributed by atoms with Crippen molar-refractivity contribution in [2.24, 2.45) is 0 Å². The number of aromatic nitrogens is 3. The number of hydrogen-bond acceptors (Lipinski definition) is 6. The Morgan fingerprint density at radius 3 is 2.80 bits per heavy atom. The van der Waals surface area contributed by atoms with Crippen LogP contribution in [0.1, 0.15) is 0 Å². The van der Waals surface area contributed by atoms with Crippen LogP contribution in [0.4, 0.5) is 5.95 Å². The second-order valence-electron chi connectivity index (χ2n) is 4.61. The molecular formula is C13H17N5O2. The number of methoxy groups -OCH3 is 1. The Labute approximate surface area is 116 Å². The minimum atomic E-state index is 0.0881. The minimum absolute atomic E-state index is 0.0881. The maximum atomic E-state index is 9.80. The van der Waals surface area contributed by atoms with Crippen molar-refractivity contribution in [2.75, 3.05) is 38.2 Å². The summed E-state index contributed by atoms with van der Waals surface area (Å²) in [5, 5.41) is 20.2. The van der Waals surface area contributed by atoms with Gasteiger partial charge in [-0.25, -0.2) is 0 Å². The largest absolute Gasteiger partial charge is 0.504 e. The predicted molar refractivity (Wildman–Crippen MR) is 75.1 cm³/mol. The fourth-order valence-electron chi connectivity index (χ4n) is 2.23. The van der Waals surface area contributed by atoms with Gasteiger partial charge in [-0.05, 0) is 18.2 Å². The van der Waals surface area contributed by atoms with Gasteiger partial charge in [-0.1, -0.05) is 0 Å². The Kier molecular flexibility index (Phi) is 3.42. The zero-order valence-corrected chi connectivity index (χ0v) is 11.3. The van der Waals surface area contributed by atoms with Gasteiger partial charge in [0.2, 0.25) is 5.95 Å². The molecule has 106 valence electrons. The average Bonchev–Trinajstić information content (AvgIpc) is 2.98. The van der Waals surface area contributed by atoms with Crippen LogP contribution in [-0.2, 0) is 0 Å². The number of benzene rings is 1. The summed E-state index contributed by atoms with van der Waals surface area (Å²) in [6, 6.07) is 5.15. The SMILES string of the molecule is COc1ccc(-c2nc(N3CCNCC3)n[nH]2)cc1O. The van der Waals surface area contributed by atoms with Crippen LogP contribution in [0.25, 0.3) is 11.4 Å². The topological polar surface area (TPSA) is 86.3 Å². The lowest BCUT2D eigenvalue weighted by molar-refractivity contribution is 0.373. The average molecular weight is 275 g/mol. The fraction of sp³-hybridized carbons (Fsp3) is 0.385. The van der Waals surface area contributed by atoms with Gasteiger partial charge in [0.05, 0.1) is 7.11 Å². The number of phenols is 1. The molecule has 0 saturated carbocycles. The number of H-pyrrole nitrogens is 1. The van der Waals surface area contributed by atoms with E-state index in [1.54, 1.807) is 12.1 Å². The standard InChI is InChI=1S/C13H17N5O2/c1-20-11-3-2-9(8-10(11)19)12-15-13(17-16-12)18-6-4-14-5-7-18/h2-3,8,14,19H,4-7H2,1H3,(H,15,16,17). The number of hydrogen-bond donors (Lipinski definition) is 3. The molecule has 3 N–H and O–H groups in total. The first-order valence-electron chi connectivity index (χ1n) is 6.53. The third-order valence-corrected chi connectivity index (χ3v) is 3.33. The summed E-state index contributed by atoms with van der Waals surface area (Å²) in [7, 11) is 1.52. The van der Waals surface area contributed by atoms with E-state index in [-0.39, 0.29) is 5.75 Å². The molecule has 1 saturated heterocycles. The summed E-state index contributed by atoms with van der Waals surface area (Å²) in [6.07, 6.45) is 0. The number of anilines is 1. The molecule has 2 heterocycles. The zero-order chi connectivity index (χ0) is 13.9. The van der Waals surface area contributed by atoms with Crippen molar-refractivity contribution in [2.45, 2.75) is 0 Å². The molecule has 7 heteroatoms. The van der Waals surface area contributed by atoms with Gasteiger partial charge < -0.3 is 20.1 Å². The molecule has 1 aromatic heterocycles. The van der Waals surface area contributed by atoms with Gasteiger partial charge in [-0.15, -0.1) is 5.10 Å². The van der Waals surface area contributed by atoms with Crippen molar-refractivity contribution in [3.05, 3.63) is 18.2 Å². The van der Waals surface area contributed by atoms with E-state index in [1.165, 1.54) is 7.11 Å². The monoisotopic (exact) mass is 275 g/mol. The van der Waals surface area contributed by atoms with Gasteiger partial charge in [0.1, 0.15) is 0 Å². The van der Waals surface area contributed by atoms with Crippen molar-refractivity contribution >= 4 is 5.95 Å². The van der Waals surface area contributed by atoms with Crippen molar-refractivity contribution in [1.29, 1.82) is 0 Å². The molecule has 0 aliphatic carbocycles. The molecule has 3 rings (SSSR count). The van der Waals surface area contributed by atoms with E-state index in [0.29, 0.717) is 17.5 Å². The third-order valence-electron chi connectivity index (χ3n) is 3.33. The van der Waals surface area contributed by atoms with E-state index < -0.39 is 0 Å². The molecule has 1 fully saturated rings. The Morgan fingerprint density at radius 2 is 2.10 bits per heavy atom. The lowest BCUT2D eigenvalue weighted by atomic mass is 10.2. The number of ether oxygens (including phenoxy) is 1. The van der Waals surface area contributed by atoms with Gasteiger partial charge in [0.25, 0.3) is 0 Å². The highest BCUT2D eigenvalue weighted by molar-refractivity contribution is 5.61. The van der Waals surface area contributed by atoms with Crippen LogP contribution in [-0.4, -0.2) is 53.6 Å². The predicted octanol–water partition coefficient (Wildman–Crippen LogP) is 0.595. The Morgan fingerprint density at radius 1 is 1.30 bits per heavy atom. The number of phenolic OH excluding ortho intramolecular Hbond substituents is 1. The van der Waals surface area contributed by atoms with Crippen molar-refractivity contribution in [3.8, 4) is 22.9 Å². The maximum absolute atomic E-state index is 9.80. The number of piperazine rings is 1. The summed E-state index contributed by atoms with van der Waals surface area (Å²) < 4.78 is 5.02. The quantitative estimate of drug-likeness (QED) is 0.760. The molecule has 1 aliphatic rings. The van der Waals surface area contributed by atoms with Crippen LogP contribution < -0.4 is 15.0 Å². The van der Waals surface area contributed by atoms with E-state index in [4.69, 9.17) is 4.74 Å². The zero-order valence-electron chi connectivity index (χ0n) is 11.3. The first-order chi connectivity index (χ1) is 9.78. The summed E-state index contributed by atoms with van der Waals surface area (Å²) >= 11 is 0. The number of nitrogens with one attached hydrogen (secondary N) is 2. The first kappa shape index (κ1) is 12.7. The molecule has 1 aliphatic heterocycles. The Bertz CT molecular complexity index is 592. The van der Waals surface area contributed by atoms with Crippen LogP contribution in [0.15, 0.2) is 18.2 Å². The molecule has 2 aromatic rings. The van der Waals surface area contributed by atoms with Gasteiger partial charge in [0, 0.05) is 31.7 Å². The van der Waals surface area contributed by atoms with Crippen molar-refractivity contribution in [3.63, 3.8) is 0 Å². The molecule has 0 bridgehead atoms. The molecule has 0 atom stereocenters. The normalized spacial score (nSPS) is 15.3. The molecular weight excluding hydrogens is 258 g/mol. The van der Waals surface area contributed by atoms with Gasteiger partial charge >= 0.3 is 0 Å². The molecule has 1 aromatic carbocycles. The molecule has 0 unspecified atom stereocenters. The lowest BCUT2D eigenvalue weighted by Crippen LogP contribution is -2.44. The molecule has 0 radical (unpaired) electrons. The summed E-state index contributed by atoms with van der Waals surface area (Å²) in [5.74, 6) is 1.86. The first-order valence-corrected chi connectivity index (χ1v) is 6.53. The van der Waals surface area contributed by atoms with Gasteiger partial charge in [-0.3, -0.25) is 5.10 Å². The van der Waals surface area contributed by atoms with Crippen molar-refractivity contribution in [1.82, 2.24) is 20.5 Å². The summed E-state index contributed by atoms with van der Waals surface area (Å²) in [4.78, 5) is 6.61. The van der Waals surface area contributed by atoms with E-state index >= 15 is 0 Å². The molecule has 20 heavy (non-hydrogen) atoms. The Balaban J connectivity index is 1.84. The molecule has 7 nitrogen and oxygen atoms in total. The number of nitrogens with zero attached hydrogens (tertiary/aromatic N) is 3. The third kappa shape index (κ3) is 2.39. The van der Waals surface area contributed by atoms with Crippen LogP contribution >= 0.6 is 0 Å². The van der Waals surface area contributed by atoms with Crippen LogP contribution in [0, 0.1) is 0 Å². The van der Waals surface area contributed by atoms with Crippen LogP contribution in [0.3, 0.4) is 0 Å². The highest BCUT2D eigenvalue weighted by atomic mass is 16.5. The van der Waals surface area contributed by atoms with Gasteiger partial charge in [-0.2, -0.15) is 4.98 Å². The fourth-order valence-corrected chi connectivity index (χ4v) is 2.23. The highest BCUT2D eigenvalue weighted by Crippen LogP contribution is 2.30. The van der Waals surface area contributed by atoms with Crippen LogP contribution in [0.2, 0.25) is 0 Å². The molecule has 0 spiro atoms. The van der Waals surface area contributed by atoms with Crippen LogP contribution in [0.5, 0.6) is 11.5 Å². The number of aromatic amines is 1.